The molecule has 0 aromatic heterocycles. The summed E-state index contributed by atoms with van der Waals surface area (Å²) < 4.78 is 4.85. The van der Waals surface area contributed by atoms with E-state index in [-0.39, 0.29) is 12.4 Å². The number of hydrogen-bond donors (Lipinski definition) is 2. The van der Waals surface area contributed by atoms with Crippen LogP contribution in [-0.2, 0) is 9.53 Å². The lowest BCUT2D eigenvalue weighted by molar-refractivity contribution is -0.139. The summed E-state index contributed by atoms with van der Waals surface area (Å²) in [5.41, 5.74) is -0.609. The molecule has 0 aromatic carbocycles. The first-order chi connectivity index (χ1) is 5.72. The summed E-state index contributed by atoms with van der Waals surface area (Å²) >= 11 is 0. The molecule has 0 saturated heterocycles. The maximum Gasteiger partial charge on any atom is 0.408 e. The molecule has 1 atom stereocenters. The summed E-state index contributed by atoms with van der Waals surface area (Å²) in [7, 11) is 0. The van der Waals surface area contributed by atoms with Crippen LogP contribution in [0.4, 0.5) is 4.79 Å². The first kappa shape index (κ1) is 15.5. The normalized spacial score (nSPS) is 12.3. The Bertz CT molecular complexity index is 212. The molecule has 5 nitrogen and oxygen atoms in total. The van der Waals surface area contributed by atoms with E-state index in [9.17, 15) is 9.59 Å². The number of halogens is 1. The van der Waals surface area contributed by atoms with Gasteiger partial charge in [-0.3, -0.25) is 4.79 Å². The van der Waals surface area contributed by atoms with Crippen molar-refractivity contribution in [2.24, 2.45) is 0 Å². The number of carbonyl (C=O) groups excluding carboxylic acids is 1. The van der Waals surface area contributed by atoms with Crippen LogP contribution in [0.3, 0.4) is 0 Å². The average molecular weight is 226 g/mol. The molecule has 0 fully saturated rings. The van der Waals surface area contributed by atoms with Gasteiger partial charge in [0.25, 0.3) is 0 Å². The van der Waals surface area contributed by atoms with Crippen LogP contribution in [0.15, 0.2) is 0 Å². The molecule has 14 heavy (non-hydrogen) atoms. The van der Waals surface area contributed by atoms with Crippen molar-refractivity contribution in [2.45, 2.75) is 39.3 Å². The Morgan fingerprint density at radius 2 is 1.79 bits per heavy atom. The summed E-state index contributed by atoms with van der Waals surface area (Å²) in [6, 6.07) is -0.935. The molecule has 0 aliphatic heterocycles. The predicted molar refractivity (Wildman–Crippen MR) is 53.7 cm³/mol. The van der Waals surface area contributed by atoms with E-state index in [1.807, 2.05) is 0 Å². The van der Waals surface area contributed by atoms with E-state index < -0.39 is 23.7 Å². The van der Waals surface area contributed by atoms with Gasteiger partial charge in [0.1, 0.15) is 11.6 Å². The molecule has 0 saturated carbocycles. The molecule has 0 radical (unpaired) electrons. The highest BCUT2D eigenvalue weighted by Crippen LogP contribution is 2.06. The van der Waals surface area contributed by atoms with Crippen LogP contribution < -0.4 is 5.32 Å². The first-order valence-electron chi connectivity index (χ1n) is 3.94. The molecule has 0 aliphatic rings. The number of alkyl carbamates (subject to hydrolysis) is 1. The van der Waals surface area contributed by atoms with Crippen molar-refractivity contribution in [1.82, 2.24) is 5.32 Å². The first-order valence-corrected chi connectivity index (χ1v) is 3.94. The van der Waals surface area contributed by atoms with Crippen LogP contribution in [-0.4, -0.2) is 28.8 Å². The summed E-state index contributed by atoms with van der Waals surface area (Å²) in [5.74, 6) is -1.09. The number of carboxylic acids is 1. The maximum atomic E-state index is 11.0. The van der Waals surface area contributed by atoms with E-state index in [1.54, 1.807) is 20.8 Å². The standard InChI is InChI=1S/C8H15NO4.ClH/c1-5(6(10)11)9-7(12)13-8(2,3)4;/h5H,1-4H3,(H,9,12)(H,10,11);1H/t5-;/m1./s1. The molecule has 0 heterocycles. The third-order valence-electron chi connectivity index (χ3n) is 1.10. The third kappa shape index (κ3) is 7.67. The van der Waals surface area contributed by atoms with Gasteiger partial charge >= 0.3 is 12.1 Å². The Hall–Kier alpha value is -0.970. The Labute approximate surface area is 89.2 Å². The van der Waals surface area contributed by atoms with Crippen LogP contribution in [0, 0.1) is 0 Å². The lowest BCUT2D eigenvalue weighted by Gasteiger charge is -2.20. The summed E-state index contributed by atoms with van der Waals surface area (Å²) in [4.78, 5) is 21.3. The number of amides is 1. The minimum Gasteiger partial charge on any atom is -0.480 e. The molecule has 84 valence electrons. The van der Waals surface area contributed by atoms with Crippen LogP contribution in [0.2, 0.25) is 0 Å². The number of carbonyl (C=O) groups is 2. The second-order valence-electron chi connectivity index (χ2n) is 3.71. The van der Waals surface area contributed by atoms with E-state index in [0.29, 0.717) is 0 Å². The fraction of sp³-hybridized carbons (Fsp3) is 0.750. The number of ether oxygens (including phenoxy) is 1. The van der Waals surface area contributed by atoms with Crippen molar-refractivity contribution in [3.63, 3.8) is 0 Å². The highest BCUT2D eigenvalue weighted by Gasteiger charge is 2.20. The van der Waals surface area contributed by atoms with E-state index >= 15 is 0 Å². The van der Waals surface area contributed by atoms with Crippen molar-refractivity contribution in [2.75, 3.05) is 0 Å². The predicted octanol–water partition coefficient (Wildman–Crippen LogP) is 1.41. The highest BCUT2D eigenvalue weighted by molar-refractivity contribution is 5.85. The van der Waals surface area contributed by atoms with Crippen molar-refractivity contribution in [3.05, 3.63) is 0 Å². The Morgan fingerprint density at radius 3 is 2.07 bits per heavy atom. The minimum absolute atomic E-state index is 0. The zero-order valence-electron chi connectivity index (χ0n) is 8.66. The lowest BCUT2D eigenvalue weighted by atomic mass is 10.2. The fourth-order valence-electron chi connectivity index (χ4n) is 0.546. The summed E-state index contributed by atoms with van der Waals surface area (Å²) in [6.45, 7) is 6.49. The monoisotopic (exact) mass is 225 g/mol. The van der Waals surface area contributed by atoms with Gasteiger partial charge in [-0.2, -0.15) is 0 Å². The third-order valence-corrected chi connectivity index (χ3v) is 1.10. The number of hydrogen-bond acceptors (Lipinski definition) is 3. The quantitative estimate of drug-likeness (QED) is 0.745. The number of nitrogens with one attached hydrogen (secondary N) is 1. The number of aliphatic carboxylic acids is 1. The summed E-state index contributed by atoms with van der Waals surface area (Å²) in [5, 5.41) is 10.6. The maximum absolute atomic E-state index is 11.0. The zero-order valence-corrected chi connectivity index (χ0v) is 9.47. The van der Waals surface area contributed by atoms with Gasteiger partial charge in [0, 0.05) is 0 Å². The average Bonchev–Trinajstić information content (AvgIpc) is 1.81. The van der Waals surface area contributed by atoms with E-state index in [0.717, 1.165) is 0 Å². The number of rotatable bonds is 2. The van der Waals surface area contributed by atoms with E-state index in [4.69, 9.17) is 9.84 Å². The van der Waals surface area contributed by atoms with Gasteiger partial charge in [-0.1, -0.05) is 0 Å². The molecule has 1 amide bonds. The Kier molecular flexibility index (Phi) is 6.31. The van der Waals surface area contributed by atoms with Crippen LogP contribution in [0.1, 0.15) is 27.7 Å². The smallest absolute Gasteiger partial charge is 0.408 e. The van der Waals surface area contributed by atoms with Gasteiger partial charge in [0.05, 0.1) is 0 Å². The van der Waals surface area contributed by atoms with Crippen molar-refractivity contribution >= 4 is 24.5 Å². The van der Waals surface area contributed by atoms with Crippen molar-refractivity contribution in [1.29, 1.82) is 0 Å². The second-order valence-corrected chi connectivity index (χ2v) is 3.71. The van der Waals surface area contributed by atoms with Gasteiger partial charge in [0.15, 0.2) is 0 Å². The minimum atomic E-state index is -1.09. The van der Waals surface area contributed by atoms with Crippen LogP contribution in [0.5, 0.6) is 0 Å². The van der Waals surface area contributed by atoms with Gasteiger partial charge in [0.2, 0.25) is 0 Å². The van der Waals surface area contributed by atoms with Crippen molar-refractivity contribution < 1.29 is 19.4 Å². The topological polar surface area (TPSA) is 75.6 Å². The molecule has 2 N–H and O–H groups in total. The number of carboxylic acid groups (broad SMARTS) is 1. The highest BCUT2D eigenvalue weighted by atomic mass is 35.5. The zero-order chi connectivity index (χ0) is 10.6. The van der Waals surface area contributed by atoms with Gasteiger partial charge in [-0.05, 0) is 27.7 Å². The molecule has 0 aromatic rings. The summed E-state index contributed by atoms with van der Waals surface area (Å²) in [6.07, 6.45) is -0.720. The van der Waals surface area contributed by atoms with Gasteiger partial charge < -0.3 is 15.2 Å². The van der Waals surface area contributed by atoms with Gasteiger partial charge in [-0.25, -0.2) is 4.79 Å². The van der Waals surface area contributed by atoms with Crippen LogP contribution in [0.25, 0.3) is 0 Å². The molecule has 0 aliphatic carbocycles. The lowest BCUT2D eigenvalue weighted by Crippen LogP contribution is -2.41. The molecule has 0 bridgehead atoms. The largest absolute Gasteiger partial charge is 0.480 e. The molecule has 0 spiro atoms. The molecule has 0 unspecified atom stereocenters. The fourth-order valence-corrected chi connectivity index (χ4v) is 0.546. The Balaban J connectivity index is 0. The van der Waals surface area contributed by atoms with E-state index in [1.165, 1.54) is 6.92 Å². The molecular formula is C8H16ClNO4. The second kappa shape index (κ2) is 5.70. The Morgan fingerprint density at radius 1 is 1.36 bits per heavy atom. The molecular weight excluding hydrogens is 210 g/mol. The van der Waals surface area contributed by atoms with Crippen LogP contribution >= 0.6 is 12.4 Å². The molecule has 0 rings (SSSR count). The molecule has 6 heteroatoms. The van der Waals surface area contributed by atoms with Gasteiger partial charge in [-0.15, -0.1) is 12.4 Å². The van der Waals surface area contributed by atoms with Crippen molar-refractivity contribution in [3.8, 4) is 0 Å². The van der Waals surface area contributed by atoms with E-state index in [2.05, 4.69) is 5.32 Å². The SMILES string of the molecule is C[C@@H](NC(=O)OC(C)(C)C)C(=O)O.Cl.